The smallest absolute Gasteiger partial charge is 0.252 e. The highest BCUT2D eigenvalue weighted by Crippen LogP contribution is 2.28. The average Bonchev–Trinajstić information content (AvgIpc) is 3.01. The average molecular weight is 395 g/mol. The van der Waals surface area contributed by atoms with Crippen LogP contribution in [0.2, 0.25) is 4.34 Å². The summed E-state index contributed by atoms with van der Waals surface area (Å²) >= 11 is 6.87. The Morgan fingerprint density at radius 1 is 1.33 bits per heavy atom. The molecule has 0 radical (unpaired) electrons. The molecule has 0 aromatic carbocycles. The summed E-state index contributed by atoms with van der Waals surface area (Å²) in [6.45, 7) is 5.69. The minimum Gasteiger partial charge on any atom is -0.369 e. The van der Waals surface area contributed by atoms with E-state index in [0.29, 0.717) is 24.0 Å². The lowest BCUT2D eigenvalue weighted by Crippen LogP contribution is -2.52. The number of piperazine rings is 1. The summed E-state index contributed by atoms with van der Waals surface area (Å²) in [5, 5.41) is 0. The highest BCUT2D eigenvalue weighted by molar-refractivity contribution is 7.91. The van der Waals surface area contributed by atoms with Crippen LogP contribution in [-0.2, 0) is 19.6 Å². The summed E-state index contributed by atoms with van der Waals surface area (Å²) in [5.41, 5.74) is 0. The van der Waals surface area contributed by atoms with Crippen LogP contribution in [0.4, 0.5) is 0 Å². The number of hydrogen-bond acceptors (Lipinski definition) is 5. The Hall–Kier alpha value is -0.670. The Morgan fingerprint density at radius 2 is 2.00 bits per heavy atom. The van der Waals surface area contributed by atoms with Crippen molar-refractivity contribution in [1.29, 1.82) is 0 Å². The zero-order chi connectivity index (χ0) is 17.7. The molecular weight excluding hydrogens is 372 g/mol. The van der Waals surface area contributed by atoms with Crippen LogP contribution in [0.5, 0.6) is 0 Å². The van der Waals surface area contributed by atoms with Gasteiger partial charge in [-0.15, -0.1) is 11.3 Å². The van der Waals surface area contributed by atoms with Crippen molar-refractivity contribution in [3.63, 3.8) is 0 Å². The molecule has 1 unspecified atom stereocenters. The number of ether oxygens (including phenoxy) is 1. The van der Waals surface area contributed by atoms with Gasteiger partial charge in [-0.2, -0.15) is 4.31 Å². The lowest BCUT2D eigenvalue weighted by molar-refractivity contribution is -0.143. The number of amides is 1. The summed E-state index contributed by atoms with van der Waals surface area (Å²) in [5.74, 6) is -0.0812. The number of hydrogen-bond donors (Lipinski definition) is 0. The Balaban J connectivity index is 1.90. The molecule has 2 rings (SSSR count). The molecule has 6 nitrogen and oxygen atoms in total. The van der Waals surface area contributed by atoms with Gasteiger partial charge in [-0.05, 0) is 25.5 Å². The molecule has 24 heavy (non-hydrogen) atoms. The minimum absolute atomic E-state index is 0.0812. The summed E-state index contributed by atoms with van der Waals surface area (Å²) in [7, 11) is -3.53. The van der Waals surface area contributed by atoms with Crippen LogP contribution in [0.25, 0.3) is 0 Å². The van der Waals surface area contributed by atoms with Gasteiger partial charge in [0.05, 0.1) is 4.34 Å². The van der Waals surface area contributed by atoms with Crippen molar-refractivity contribution in [1.82, 2.24) is 9.21 Å². The van der Waals surface area contributed by atoms with Gasteiger partial charge in [-0.1, -0.05) is 24.9 Å². The molecular formula is C15H23ClN2O4S2. The topological polar surface area (TPSA) is 66.9 Å². The summed E-state index contributed by atoms with van der Waals surface area (Å²) in [6.07, 6.45) is 1.45. The van der Waals surface area contributed by atoms with E-state index in [-0.39, 0.29) is 23.2 Å². The molecule has 1 aliphatic rings. The largest absolute Gasteiger partial charge is 0.369 e. The highest BCUT2D eigenvalue weighted by Gasteiger charge is 2.32. The van der Waals surface area contributed by atoms with Gasteiger partial charge in [0, 0.05) is 32.8 Å². The van der Waals surface area contributed by atoms with Crippen molar-refractivity contribution in [2.75, 3.05) is 32.8 Å². The quantitative estimate of drug-likeness (QED) is 0.666. The van der Waals surface area contributed by atoms with Crippen molar-refractivity contribution >= 4 is 38.9 Å². The van der Waals surface area contributed by atoms with Crippen LogP contribution >= 0.6 is 22.9 Å². The molecule has 0 N–H and O–H groups in total. The number of thiophene rings is 1. The maximum atomic E-state index is 12.5. The lowest BCUT2D eigenvalue weighted by Gasteiger charge is -2.34. The first kappa shape index (κ1) is 19.7. The van der Waals surface area contributed by atoms with Gasteiger partial charge in [0.1, 0.15) is 10.3 Å². The normalized spacial score (nSPS) is 17.9. The van der Waals surface area contributed by atoms with Gasteiger partial charge in [-0.3, -0.25) is 4.79 Å². The molecule has 0 spiro atoms. The SMILES string of the molecule is CCCCOC(C)C(=O)N1CCN(S(=O)(=O)c2ccc(Cl)s2)CC1. The van der Waals surface area contributed by atoms with E-state index in [1.54, 1.807) is 17.9 Å². The first-order valence-electron chi connectivity index (χ1n) is 8.02. The third kappa shape index (κ3) is 4.70. The molecule has 1 aromatic rings. The van der Waals surface area contributed by atoms with E-state index in [4.69, 9.17) is 16.3 Å². The third-order valence-corrected chi connectivity index (χ3v) is 7.50. The molecule has 1 saturated heterocycles. The van der Waals surface area contributed by atoms with E-state index in [2.05, 4.69) is 6.92 Å². The lowest BCUT2D eigenvalue weighted by atomic mass is 10.3. The van der Waals surface area contributed by atoms with Crippen molar-refractivity contribution in [2.24, 2.45) is 0 Å². The van der Waals surface area contributed by atoms with Crippen molar-refractivity contribution < 1.29 is 17.9 Å². The van der Waals surface area contributed by atoms with E-state index in [0.717, 1.165) is 24.2 Å². The van der Waals surface area contributed by atoms with Gasteiger partial charge in [0.2, 0.25) is 0 Å². The second kappa shape index (κ2) is 8.62. The number of halogens is 1. The van der Waals surface area contributed by atoms with Gasteiger partial charge in [0.15, 0.2) is 0 Å². The number of unbranched alkanes of at least 4 members (excludes halogenated alkanes) is 1. The van der Waals surface area contributed by atoms with E-state index < -0.39 is 16.1 Å². The molecule has 2 heterocycles. The van der Waals surface area contributed by atoms with Crippen molar-refractivity contribution in [3.05, 3.63) is 16.5 Å². The number of carbonyl (C=O) groups is 1. The van der Waals surface area contributed by atoms with Gasteiger partial charge < -0.3 is 9.64 Å². The molecule has 1 fully saturated rings. The maximum absolute atomic E-state index is 12.5. The first-order valence-corrected chi connectivity index (χ1v) is 10.7. The Morgan fingerprint density at radius 3 is 2.54 bits per heavy atom. The standard InChI is InChI=1S/C15H23ClN2O4S2/c1-3-4-11-22-12(2)15(19)17-7-9-18(10-8-17)24(20,21)14-6-5-13(16)23-14/h5-6,12H,3-4,7-11H2,1-2H3. The third-order valence-electron chi connectivity index (χ3n) is 3.91. The molecule has 0 aliphatic carbocycles. The molecule has 9 heteroatoms. The highest BCUT2D eigenvalue weighted by atomic mass is 35.5. The fourth-order valence-electron chi connectivity index (χ4n) is 2.45. The predicted molar refractivity (Wildman–Crippen MR) is 95.0 cm³/mol. The summed E-state index contributed by atoms with van der Waals surface area (Å²) in [6, 6.07) is 3.09. The second-order valence-electron chi connectivity index (χ2n) is 5.65. The monoisotopic (exact) mass is 394 g/mol. The van der Waals surface area contributed by atoms with Crippen molar-refractivity contribution in [3.8, 4) is 0 Å². The fourth-order valence-corrected chi connectivity index (χ4v) is 5.50. The van der Waals surface area contributed by atoms with Crippen LogP contribution in [0.15, 0.2) is 16.3 Å². The Kier molecular flexibility index (Phi) is 7.06. The number of rotatable bonds is 7. The maximum Gasteiger partial charge on any atom is 0.252 e. The second-order valence-corrected chi connectivity index (χ2v) is 9.53. The van der Waals surface area contributed by atoms with Crippen LogP contribution in [0.1, 0.15) is 26.7 Å². The predicted octanol–water partition coefficient (Wildman–Crippen LogP) is 2.44. The van der Waals surface area contributed by atoms with Crippen LogP contribution < -0.4 is 0 Å². The number of nitrogens with zero attached hydrogens (tertiary/aromatic N) is 2. The van der Waals surface area contributed by atoms with Crippen LogP contribution in [0.3, 0.4) is 0 Å². The van der Waals surface area contributed by atoms with Crippen LogP contribution in [-0.4, -0.2) is 62.4 Å². The summed E-state index contributed by atoms with van der Waals surface area (Å²) < 4.78 is 32.7. The van der Waals surface area contributed by atoms with Crippen molar-refractivity contribution in [2.45, 2.75) is 37.0 Å². The van der Waals surface area contributed by atoms with Gasteiger partial charge in [-0.25, -0.2) is 8.42 Å². The fraction of sp³-hybridized carbons (Fsp3) is 0.667. The molecule has 1 amide bonds. The molecule has 0 saturated carbocycles. The minimum atomic E-state index is -3.53. The number of sulfonamides is 1. The molecule has 1 aliphatic heterocycles. The molecule has 136 valence electrons. The van der Waals surface area contributed by atoms with E-state index in [9.17, 15) is 13.2 Å². The first-order chi connectivity index (χ1) is 11.4. The zero-order valence-electron chi connectivity index (χ0n) is 13.9. The Bertz CT molecular complexity index is 654. The Labute approximate surface area is 152 Å². The van der Waals surface area contributed by atoms with Gasteiger partial charge >= 0.3 is 0 Å². The van der Waals surface area contributed by atoms with Crippen LogP contribution in [0, 0.1) is 0 Å². The van der Waals surface area contributed by atoms with E-state index in [1.807, 2.05) is 0 Å². The van der Waals surface area contributed by atoms with E-state index in [1.165, 1.54) is 10.4 Å². The molecule has 1 aromatic heterocycles. The molecule has 0 bridgehead atoms. The van der Waals surface area contributed by atoms with Gasteiger partial charge in [0.25, 0.3) is 15.9 Å². The van der Waals surface area contributed by atoms with E-state index >= 15 is 0 Å². The number of carbonyl (C=O) groups excluding carboxylic acids is 1. The zero-order valence-corrected chi connectivity index (χ0v) is 16.3. The molecule has 1 atom stereocenters. The summed E-state index contributed by atoms with van der Waals surface area (Å²) in [4.78, 5) is 14.0.